The van der Waals surface area contributed by atoms with Crippen LogP contribution in [0.15, 0.2) is 115 Å². The van der Waals surface area contributed by atoms with Crippen molar-refractivity contribution < 1.29 is 28.5 Å². The van der Waals surface area contributed by atoms with Crippen molar-refractivity contribution in [2.45, 2.75) is 64.8 Å². The molecule has 0 spiro atoms. The van der Waals surface area contributed by atoms with E-state index >= 15 is 0 Å². The van der Waals surface area contributed by atoms with E-state index in [1.807, 2.05) is 54.6 Å². The maximum Gasteiger partial charge on any atom is 0.343 e. The highest BCUT2D eigenvalue weighted by Crippen LogP contribution is 2.27. The van der Waals surface area contributed by atoms with Crippen LogP contribution in [-0.2, 0) is 27.4 Å². The number of esters is 1. The maximum atomic E-state index is 12.3. The largest absolute Gasteiger partial charge is 0.465 e. The van der Waals surface area contributed by atoms with E-state index in [0.29, 0.717) is 43.3 Å². The Balaban J connectivity index is 0.00000129. The molecule has 6 nitrogen and oxygen atoms in total. The van der Waals surface area contributed by atoms with Crippen LogP contribution in [0.5, 0.6) is 11.5 Å². The Bertz CT molecular complexity index is 1300. The van der Waals surface area contributed by atoms with E-state index in [-0.39, 0.29) is 12.2 Å². The molecule has 1 aliphatic heterocycles. The van der Waals surface area contributed by atoms with Crippen molar-refractivity contribution in [3.8, 4) is 11.5 Å². The summed E-state index contributed by atoms with van der Waals surface area (Å²) in [6, 6.07) is 36.1. The Morgan fingerprint density at radius 2 is 1.26 bits per heavy atom. The van der Waals surface area contributed by atoms with Gasteiger partial charge in [0.05, 0.1) is 37.6 Å². The fourth-order valence-corrected chi connectivity index (χ4v) is 4.40. The van der Waals surface area contributed by atoms with Gasteiger partial charge in [-0.2, -0.15) is 0 Å². The lowest BCUT2D eigenvalue weighted by molar-refractivity contribution is -0.200. The maximum absolute atomic E-state index is 12.3. The van der Waals surface area contributed by atoms with E-state index in [0.717, 1.165) is 17.5 Å². The van der Waals surface area contributed by atoms with E-state index in [1.54, 1.807) is 48.5 Å². The summed E-state index contributed by atoms with van der Waals surface area (Å²) in [6.45, 7) is 5.73. The van der Waals surface area contributed by atoms with Crippen molar-refractivity contribution in [3.63, 3.8) is 0 Å². The Morgan fingerprint density at radius 1 is 0.714 bits per heavy atom. The molecule has 0 aromatic heterocycles. The van der Waals surface area contributed by atoms with Crippen molar-refractivity contribution in [2.75, 3.05) is 6.61 Å². The molecule has 3 atom stereocenters. The number of carbonyl (C=O) groups excluding carboxylic acids is 1. The van der Waals surface area contributed by atoms with Gasteiger partial charge >= 0.3 is 5.97 Å². The third-order valence-electron chi connectivity index (χ3n) is 6.38. The van der Waals surface area contributed by atoms with E-state index in [2.05, 4.69) is 26.0 Å². The summed E-state index contributed by atoms with van der Waals surface area (Å²) >= 11 is 0. The summed E-state index contributed by atoms with van der Waals surface area (Å²) in [5.74, 6) is 0.654. The fraction of sp³-hybridized carbons (Fsp3) is 0.306. The van der Waals surface area contributed by atoms with Crippen LogP contribution >= 0.6 is 0 Å². The first kappa shape index (κ1) is 31.0. The standard InChI is InChI=1S/C33H32O6.C3H8/c34-33(27-14-8-3-9-15-27)39-29-18-16-28(17-19-29)37-32-21-30(36-23-26-12-6-2-7-13-26)20-31(38-32)24-35-22-25-10-4-1-5-11-25;1-3-2/h1-19,30-32H,20-24H2;3H2,1-2H3. The molecular weight excluding hydrogens is 528 g/mol. The van der Waals surface area contributed by atoms with E-state index in [9.17, 15) is 4.79 Å². The molecular formula is C36H40O6. The van der Waals surface area contributed by atoms with E-state index in [1.165, 1.54) is 6.42 Å². The Morgan fingerprint density at radius 3 is 1.88 bits per heavy atom. The minimum atomic E-state index is -0.498. The molecule has 1 heterocycles. The quantitative estimate of drug-likeness (QED) is 0.135. The molecule has 0 amide bonds. The number of benzene rings is 4. The van der Waals surface area contributed by atoms with Crippen molar-refractivity contribution in [2.24, 2.45) is 0 Å². The van der Waals surface area contributed by atoms with E-state index < -0.39 is 12.3 Å². The van der Waals surface area contributed by atoms with Gasteiger partial charge in [0, 0.05) is 12.8 Å². The molecule has 1 fully saturated rings. The fourth-order valence-electron chi connectivity index (χ4n) is 4.40. The highest BCUT2D eigenvalue weighted by Gasteiger charge is 2.32. The summed E-state index contributed by atoms with van der Waals surface area (Å²) in [6.07, 6.45) is 1.85. The average molecular weight is 569 g/mol. The molecule has 0 saturated carbocycles. The molecule has 220 valence electrons. The lowest BCUT2D eigenvalue weighted by Crippen LogP contribution is -2.41. The summed E-state index contributed by atoms with van der Waals surface area (Å²) in [4.78, 5) is 12.3. The molecule has 1 aliphatic rings. The van der Waals surface area contributed by atoms with E-state index in [4.69, 9.17) is 23.7 Å². The molecule has 5 rings (SSSR count). The zero-order valence-electron chi connectivity index (χ0n) is 24.4. The first-order valence-electron chi connectivity index (χ1n) is 14.6. The minimum Gasteiger partial charge on any atom is -0.465 e. The third kappa shape index (κ3) is 10.5. The Labute approximate surface area is 249 Å². The topological polar surface area (TPSA) is 63.2 Å². The predicted molar refractivity (Wildman–Crippen MR) is 163 cm³/mol. The first-order chi connectivity index (χ1) is 20.6. The lowest BCUT2D eigenvalue weighted by atomic mass is 10.0. The molecule has 0 radical (unpaired) electrons. The second-order valence-electron chi connectivity index (χ2n) is 10.1. The number of hydrogen-bond donors (Lipinski definition) is 0. The zero-order chi connectivity index (χ0) is 29.4. The predicted octanol–water partition coefficient (Wildman–Crippen LogP) is 8.01. The molecule has 4 aromatic carbocycles. The molecule has 3 unspecified atom stereocenters. The third-order valence-corrected chi connectivity index (χ3v) is 6.38. The molecule has 0 N–H and O–H groups in total. The zero-order valence-corrected chi connectivity index (χ0v) is 24.4. The molecule has 0 aliphatic carbocycles. The highest BCUT2D eigenvalue weighted by atomic mass is 16.7. The van der Waals surface area contributed by atoms with Gasteiger partial charge < -0.3 is 23.7 Å². The highest BCUT2D eigenvalue weighted by molar-refractivity contribution is 5.90. The first-order valence-corrected chi connectivity index (χ1v) is 14.6. The van der Waals surface area contributed by atoms with Crippen LogP contribution in [-0.4, -0.2) is 31.1 Å². The van der Waals surface area contributed by atoms with Gasteiger partial charge in [0.2, 0.25) is 6.29 Å². The number of hydrogen-bond acceptors (Lipinski definition) is 6. The second kappa shape index (κ2) is 17.1. The van der Waals surface area contributed by atoms with Gasteiger partial charge in [0.1, 0.15) is 11.5 Å². The van der Waals surface area contributed by atoms with Crippen molar-refractivity contribution in [1.82, 2.24) is 0 Å². The number of ether oxygens (including phenoxy) is 5. The smallest absolute Gasteiger partial charge is 0.343 e. The van der Waals surface area contributed by atoms with Crippen LogP contribution in [0, 0.1) is 0 Å². The summed E-state index contributed by atoms with van der Waals surface area (Å²) in [7, 11) is 0. The van der Waals surface area contributed by atoms with Crippen molar-refractivity contribution >= 4 is 5.97 Å². The molecule has 0 bridgehead atoms. The normalized spacial score (nSPS) is 17.9. The monoisotopic (exact) mass is 568 g/mol. The van der Waals surface area contributed by atoms with Gasteiger partial charge in [0.15, 0.2) is 0 Å². The van der Waals surface area contributed by atoms with Crippen molar-refractivity contribution in [3.05, 3.63) is 132 Å². The Hall–Kier alpha value is -3.97. The number of carbonyl (C=O) groups is 1. The summed E-state index contributed by atoms with van der Waals surface area (Å²) in [5, 5.41) is 0. The number of rotatable bonds is 11. The van der Waals surface area contributed by atoms with Gasteiger partial charge in [-0.3, -0.25) is 0 Å². The van der Waals surface area contributed by atoms with Gasteiger partial charge in [-0.05, 0) is 47.5 Å². The van der Waals surface area contributed by atoms with Gasteiger partial charge in [-0.25, -0.2) is 4.79 Å². The molecule has 42 heavy (non-hydrogen) atoms. The summed E-state index contributed by atoms with van der Waals surface area (Å²) in [5.41, 5.74) is 2.74. The van der Waals surface area contributed by atoms with Crippen LogP contribution in [0.4, 0.5) is 0 Å². The van der Waals surface area contributed by atoms with Crippen molar-refractivity contribution in [1.29, 1.82) is 0 Å². The van der Waals surface area contributed by atoms with Crippen LogP contribution in [0.25, 0.3) is 0 Å². The van der Waals surface area contributed by atoms with Gasteiger partial charge in [-0.1, -0.05) is 99.1 Å². The SMILES string of the molecule is CCC.O=C(Oc1ccc(OC2CC(OCc3ccccc3)CC(COCc3ccccc3)O2)cc1)c1ccccc1. The minimum absolute atomic E-state index is 0.0413. The molecule has 1 saturated heterocycles. The van der Waals surface area contributed by atoms with Crippen LogP contribution in [0.1, 0.15) is 54.6 Å². The van der Waals surface area contributed by atoms with Gasteiger partial charge in [-0.15, -0.1) is 0 Å². The van der Waals surface area contributed by atoms with Crippen LogP contribution < -0.4 is 9.47 Å². The van der Waals surface area contributed by atoms with Crippen LogP contribution in [0.2, 0.25) is 0 Å². The Kier molecular flexibility index (Phi) is 12.6. The average Bonchev–Trinajstić information content (AvgIpc) is 3.03. The molecule has 4 aromatic rings. The van der Waals surface area contributed by atoms with Crippen LogP contribution in [0.3, 0.4) is 0 Å². The summed E-state index contributed by atoms with van der Waals surface area (Å²) < 4.78 is 30.1. The molecule has 6 heteroatoms. The lowest BCUT2D eigenvalue weighted by Gasteiger charge is -2.35. The van der Waals surface area contributed by atoms with Gasteiger partial charge in [0.25, 0.3) is 0 Å². The second-order valence-corrected chi connectivity index (χ2v) is 10.1.